The first kappa shape index (κ1) is 28.3. The van der Waals surface area contributed by atoms with Gasteiger partial charge in [-0.1, -0.05) is 115 Å². The van der Waals surface area contributed by atoms with E-state index >= 15 is 0 Å². The molecule has 0 atom stereocenters. The Morgan fingerprint density at radius 2 is 0.667 bits per heavy atom. The van der Waals surface area contributed by atoms with Crippen molar-refractivity contribution in [2.75, 3.05) is 0 Å². The first-order valence-corrected chi connectivity index (χ1v) is 18.5. The van der Waals surface area contributed by atoms with E-state index in [9.17, 15) is 0 Å². The maximum absolute atomic E-state index is 6.69. The molecule has 0 bridgehead atoms. The molecule has 13 aromatic rings. The van der Waals surface area contributed by atoms with Gasteiger partial charge in [0, 0.05) is 53.9 Å². The van der Waals surface area contributed by atoms with Crippen LogP contribution in [0.5, 0.6) is 0 Å². The van der Waals surface area contributed by atoms with Gasteiger partial charge in [-0.25, -0.2) is 0 Å². The van der Waals surface area contributed by atoms with Crippen LogP contribution < -0.4 is 0 Å². The van der Waals surface area contributed by atoms with Crippen LogP contribution >= 0.6 is 0 Å². The number of furan rings is 1. The molecule has 0 unspecified atom stereocenters. The van der Waals surface area contributed by atoms with E-state index in [0.717, 1.165) is 38.7 Å². The third-order valence-electron chi connectivity index (χ3n) is 11.8. The van der Waals surface area contributed by atoms with Crippen molar-refractivity contribution in [3.05, 3.63) is 176 Å². The number of rotatable bonds is 3. The average Bonchev–Trinajstić information content (AvgIpc) is 3.97. The molecule has 0 aliphatic carbocycles. The Morgan fingerprint density at radius 1 is 0.259 bits per heavy atom. The van der Waals surface area contributed by atoms with E-state index in [-0.39, 0.29) is 0 Å². The van der Waals surface area contributed by atoms with Gasteiger partial charge in [0.05, 0.1) is 50.2 Å². The molecule has 0 spiro atoms. The van der Waals surface area contributed by atoms with Gasteiger partial charge >= 0.3 is 0 Å². The van der Waals surface area contributed by atoms with Crippen LogP contribution in [0.3, 0.4) is 0 Å². The number of fused-ring (bicyclic) bond motifs is 9. The van der Waals surface area contributed by atoms with Gasteiger partial charge in [0.2, 0.25) is 0 Å². The van der Waals surface area contributed by atoms with Crippen LogP contribution in [0.2, 0.25) is 0 Å². The van der Waals surface area contributed by atoms with Crippen LogP contribution in [0.15, 0.2) is 180 Å². The maximum atomic E-state index is 6.69. The molecule has 4 nitrogen and oxygen atoms in total. The first-order valence-electron chi connectivity index (χ1n) is 18.5. The topological polar surface area (TPSA) is 27.9 Å². The van der Waals surface area contributed by atoms with E-state index in [0.29, 0.717) is 0 Å². The minimum absolute atomic E-state index is 0.894. The molecule has 0 radical (unpaired) electrons. The van der Waals surface area contributed by atoms with E-state index in [4.69, 9.17) is 4.42 Å². The van der Waals surface area contributed by atoms with E-state index < -0.39 is 0 Å². The lowest BCUT2D eigenvalue weighted by molar-refractivity contribution is 0.666. The van der Waals surface area contributed by atoms with Crippen molar-refractivity contribution in [1.82, 2.24) is 13.7 Å². The smallest absolute Gasteiger partial charge is 0.159 e. The van der Waals surface area contributed by atoms with Crippen molar-refractivity contribution in [3.63, 3.8) is 0 Å². The Bertz CT molecular complexity index is 3390. The van der Waals surface area contributed by atoms with Crippen molar-refractivity contribution in [2.45, 2.75) is 0 Å². The fraction of sp³-hybridized carbons (Fsp3) is 0. The monoisotopic (exact) mass is 687 g/mol. The van der Waals surface area contributed by atoms with Crippen LogP contribution in [0.1, 0.15) is 0 Å². The molecule has 4 aromatic heterocycles. The maximum Gasteiger partial charge on any atom is 0.159 e. The largest absolute Gasteiger partial charge is 0.454 e. The predicted molar refractivity (Wildman–Crippen MR) is 225 cm³/mol. The summed E-state index contributed by atoms with van der Waals surface area (Å²) in [6.07, 6.45) is 0. The lowest BCUT2D eigenvalue weighted by atomic mass is 9.99. The number of para-hydroxylation sites is 6. The second kappa shape index (κ2) is 10.2. The lowest BCUT2D eigenvalue weighted by Gasteiger charge is -2.15. The normalized spacial score (nSPS) is 12.4. The fourth-order valence-electron chi connectivity index (χ4n) is 9.65. The molecule has 54 heavy (non-hydrogen) atoms. The molecule has 0 saturated heterocycles. The number of benzene rings is 9. The van der Waals surface area contributed by atoms with Gasteiger partial charge in [0.1, 0.15) is 5.58 Å². The van der Waals surface area contributed by atoms with Gasteiger partial charge in [0.15, 0.2) is 5.58 Å². The Balaban J connectivity index is 1.21. The zero-order valence-corrected chi connectivity index (χ0v) is 29.0. The van der Waals surface area contributed by atoms with Gasteiger partial charge < -0.3 is 18.1 Å². The van der Waals surface area contributed by atoms with E-state index in [1.807, 2.05) is 6.07 Å². The van der Waals surface area contributed by atoms with Crippen LogP contribution in [0.4, 0.5) is 0 Å². The second-order valence-electron chi connectivity index (χ2n) is 14.4. The van der Waals surface area contributed by atoms with E-state index in [2.05, 4.69) is 184 Å². The van der Waals surface area contributed by atoms with Crippen molar-refractivity contribution in [2.24, 2.45) is 0 Å². The molecular weight excluding hydrogens is 659 g/mol. The Kier molecular flexibility index (Phi) is 5.34. The molecule has 0 fully saturated rings. The molecule has 0 amide bonds. The zero-order valence-electron chi connectivity index (χ0n) is 29.0. The molecule has 0 aliphatic heterocycles. The number of aromatic nitrogens is 3. The molecule has 13 rings (SSSR count). The summed E-state index contributed by atoms with van der Waals surface area (Å²) in [6, 6.07) is 64.0. The molecule has 0 saturated carbocycles. The molecule has 4 heteroatoms. The van der Waals surface area contributed by atoms with Crippen LogP contribution in [-0.4, -0.2) is 13.7 Å². The second-order valence-corrected chi connectivity index (χ2v) is 14.4. The predicted octanol–water partition coefficient (Wildman–Crippen LogP) is 13.5. The Morgan fingerprint density at radius 3 is 1.17 bits per heavy atom. The minimum Gasteiger partial charge on any atom is -0.454 e. The average molecular weight is 688 g/mol. The van der Waals surface area contributed by atoms with Crippen LogP contribution in [0.25, 0.3) is 115 Å². The molecule has 9 aromatic carbocycles. The van der Waals surface area contributed by atoms with Crippen molar-refractivity contribution in [1.29, 1.82) is 0 Å². The Hall–Kier alpha value is -7.30. The van der Waals surface area contributed by atoms with E-state index in [1.165, 1.54) is 76.5 Å². The number of nitrogens with zero attached hydrogens (tertiary/aromatic N) is 3. The highest BCUT2D eigenvalue weighted by atomic mass is 16.3. The standard InChI is InChI=1S/C50H29N3O/c1-6-18-38-30(12-1)31-13-2-7-19-39(31)51(38)42-26-28-44-48-36(42)24-25-37-43(52-40-20-8-3-14-32(40)33-15-4-9-21-41(33)52)27-29-45(49(37)48)53(44)46-22-11-17-35-34-16-5-10-23-47(34)54-50(35)46/h1-29H. The summed E-state index contributed by atoms with van der Waals surface area (Å²) >= 11 is 0. The highest BCUT2D eigenvalue weighted by molar-refractivity contribution is 6.28. The van der Waals surface area contributed by atoms with Gasteiger partial charge in [-0.15, -0.1) is 0 Å². The summed E-state index contributed by atoms with van der Waals surface area (Å²) in [6.45, 7) is 0. The quantitative estimate of drug-likeness (QED) is 0.170. The summed E-state index contributed by atoms with van der Waals surface area (Å²) in [5.41, 5.74) is 12.3. The third kappa shape index (κ3) is 3.48. The summed E-state index contributed by atoms with van der Waals surface area (Å²) in [4.78, 5) is 0. The van der Waals surface area contributed by atoms with E-state index in [1.54, 1.807) is 0 Å². The highest BCUT2D eigenvalue weighted by Crippen LogP contribution is 2.46. The van der Waals surface area contributed by atoms with Crippen LogP contribution in [-0.2, 0) is 0 Å². The van der Waals surface area contributed by atoms with Crippen molar-refractivity contribution in [3.8, 4) is 17.1 Å². The van der Waals surface area contributed by atoms with Crippen molar-refractivity contribution < 1.29 is 4.42 Å². The summed E-state index contributed by atoms with van der Waals surface area (Å²) < 4.78 is 14.0. The molecule has 4 heterocycles. The molecular formula is C50H29N3O. The first-order chi connectivity index (χ1) is 26.8. The fourth-order valence-corrected chi connectivity index (χ4v) is 9.65. The SMILES string of the molecule is c1ccc2c(c1)oc1c(-n3c4ccc(-n5c6ccccc6c6ccccc65)c5ccc6c(-n7c8ccccc8c8ccccc87)ccc3c6c54)cccc12. The summed E-state index contributed by atoms with van der Waals surface area (Å²) in [5.74, 6) is 0. The Labute approximate surface area is 308 Å². The zero-order chi connectivity index (χ0) is 35.1. The summed E-state index contributed by atoms with van der Waals surface area (Å²) in [5, 5.41) is 12.2. The van der Waals surface area contributed by atoms with Crippen molar-refractivity contribution >= 4 is 98.1 Å². The highest BCUT2D eigenvalue weighted by Gasteiger charge is 2.25. The van der Waals surface area contributed by atoms with Gasteiger partial charge in [-0.2, -0.15) is 0 Å². The van der Waals surface area contributed by atoms with Gasteiger partial charge in [-0.05, 0) is 60.7 Å². The molecule has 250 valence electrons. The molecule has 0 N–H and O–H groups in total. The van der Waals surface area contributed by atoms with Gasteiger partial charge in [0.25, 0.3) is 0 Å². The minimum atomic E-state index is 0.894. The van der Waals surface area contributed by atoms with Gasteiger partial charge in [-0.3, -0.25) is 0 Å². The number of hydrogen-bond acceptors (Lipinski definition) is 1. The number of hydrogen-bond donors (Lipinski definition) is 0. The summed E-state index contributed by atoms with van der Waals surface area (Å²) in [7, 11) is 0. The lowest BCUT2D eigenvalue weighted by Crippen LogP contribution is -1.97. The third-order valence-corrected chi connectivity index (χ3v) is 11.8. The molecule has 0 aliphatic rings. The van der Waals surface area contributed by atoms with Crippen LogP contribution in [0, 0.1) is 0 Å².